The van der Waals surface area contributed by atoms with Gasteiger partial charge in [0, 0.05) is 18.1 Å². The Kier molecular flexibility index (Phi) is 3.35. The molecule has 1 aromatic heterocycles. The van der Waals surface area contributed by atoms with E-state index in [1.807, 2.05) is 6.92 Å². The van der Waals surface area contributed by atoms with Crippen LogP contribution in [0.4, 0.5) is 6.01 Å². The first kappa shape index (κ1) is 12.3. The van der Waals surface area contributed by atoms with Crippen LogP contribution in [0, 0.1) is 5.41 Å². The summed E-state index contributed by atoms with van der Waals surface area (Å²) in [5.74, 6) is 0.450. The van der Waals surface area contributed by atoms with Crippen LogP contribution in [-0.2, 0) is 11.3 Å². The lowest BCUT2D eigenvalue weighted by atomic mass is 9.64. The zero-order chi connectivity index (χ0) is 12.5. The molecule has 0 spiro atoms. The lowest BCUT2D eigenvalue weighted by Crippen LogP contribution is -2.58. The SMILES string of the molecule is CCOC1CC(Nc2nnc(CN)o2)C1(C)C. The highest BCUT2D eigenvalue weighted by Crippen LogP contribution is 2.44. The van der Waals surface area contributed by atoms with Gasteiger partial charge in [-0.15, -0.1) is 5.10 Å². The second-order valence-corrected chi connectivity index (χ2v) is 4.90. The second-order valence-electron chi connectivity index (χ2n) is 4.90. The first-order valence-corrected chi connectivity index (χ1v) is 5.98. The van der Waals surface area contributed by atoms with Crippen molar-refractivity contribution in [3.8, 4) is 0 Å². The molecule has 1 aliphatic carbocycles. The van der Waals surface area contributed by atoms with Crippen molar-refractivity contribution in [2.75, 3.05) is 11.9 Å². The second kappa shape index (κ2) is 4.62. The fourth-order valence-corrected chi connectivity index (χ4v) is 2.16. The van der Waals surface area contributed by atoms with E-state index in [9.17, 15) is 0 Å². The van der Waals surface area contributed by atoms with Crippen LogP contribution in [0.2, 0.25) is 0 Å². The molecule has 1 aromatic rings. The average Bonchev–Trinajstić information content (AvgIpc) is 2.75. The minimum Gasteiger partial charge on any atom is -0.407 e. The molecule has 0 amide bonds. The van der Waals surface area contributed by atoms with E-state index in [1.165, 1.54) is 0 Å². The summed E-state index contributed by atoms with van der Waals surface area (Å²) in [6.45, 7) is 7.38. The van der Waals surface area contributed by atoms with Crippen molar-refractivity contribution in [3.63, 3.8) is 0 Å². The van der Waals surface area contributed by atoms with Crippen LogP contribution in [0.5, 0.6) is 0 Å². The van der Waals surface area contributed by atoms with Gasteiger partial charge in [0.15, 0.2) is 0 Å². The van der Waals surface area contributed by atoms with Gasteiger partial charge in [-0.1, -0.05) is 18.9 Å². The van der Waals surface area contributed by atoms with Gasteiger partial charge in [-0.3, -0.25) is 0 Å². The van der Waals surface area contributed by atoms with Crippen molar-refractivity contribution in [2.24, 2.45) is 11.1 Å². The minimum absolute atomic E-state index is 0.0767. The molecular weight excluding hydrogens is 220 g/mol. The van der Waals surface area contributed by atoms with Gasteiger partial charge in [0.1, 0.15) is 0 Å². The molecule has 2 rings (SSSR count). The molecule has 0 bridgehead atoms. The van der Waals surface area contributed by atoms with Gasteiger partial charge in [0.25, 0.3) is 0 Å². The summed E-state index contributed by atoms with van der Waals surface area (Å²) in [6, 6.07) is 0.739. The van der Waals surface area contributed by atoms with Crippen molar-refractivity contribution in [1.82, 2.24) is 10.2 Å². The molecule has 96 valence electrons. The molecule has 6 nitrogen and oxygen atoms in total. The number of rotatable bonds is 5. The Hall–Kier alpha value is -1.14. The fourth-order valence-electron chi connectivity index (χ4n) is 2.16. The van der Waals surface area contributed by atoms with Crippen molar-refractivity contribution < 1.29 is 9.15 Å². The van der Waals surface area contributed by atoms with E-state index < -0.39 is 0 Å². The Balaban J connectivity index is 1.93. The molecule has 1 saturated carbocycles. The summed E-state index contributed by atoms with van der Waals surface area (Å²) in [5, 5.41) is 10.9. The molecule has 1 heterocycles. The highest BCUT2D eigenvalue weighted by molar-refractivity contribution is 5.25. The third kappa shape index (κ3) is 2.28. The predicted molar refractivity (Wildman–Crippen MR) is 63.4 cm³/mol. The lowest BCUT2D eigenvalue weighted by molar-refractivity contribution is -0.0980. The molecular formula is C11H20N4O2. The largest absolute Gasteiger partial charge is 0.407 e. The molecule has 1 fully saturated rings. The monoisotopic (exact) mass is 240 g/mol. The average molecular weight is 240 g/mol. The van der Waals surface area contributed by atoms with Crippen LogP contribution in [0.3, 0.4) is 0 Å². The van der Waals surface area contributed by atoms with Crippen LogP contribution in [0.15, 0.2) is 4.42 Å². The number of nitrogens with two attached hydrogens (primary N) is 1. The first-order chi connectivity index (χ1) is 8.07. The van der Waals surface area contributed by atoms with E-state index in [0.29, 0.717) is 24.1 Å². The van der Waals surface area contributed by atoms with E-state index >= 15 is 0 Å². The van der Waals surface area contributed by atoms with Crippen LogP contribution in [0.25, 0.3) is 0 Å². The van der Waals surface area contributed by atoms with Gasteiger partial charge in [0.2, 0.25) is 5.89 Å². The van der Waals surface area contributed by atoms with E-state index in [1.54, 1.807) is 0 Å². The van der Waals surface area contributed by atoms with Gasteiger partial charge in [-0.05, 0) is 13.3 Å². The number of nitrogens with one attached hydrogen (secondary N) is 1. The normalized spacial score (nSPS) is 26.6. The van der Waals surface area contributed by atoms with E-state index in [0.717, 1.165) is 13.0 Å². The quantitative estimate of drug-likeness (QED) is 0.802. The Labute approximate surface area is 101 Å². The number of hydrogen-bond donors (Lipinski definition) is 2. The number of ether oxygens (including phenoxy) is 1. The smallest absolute Gasteiger partial charge is 0.315 e. The van der Waals surface area contributed by atoms with E-state index in [-0.39, 0.29) is 12.0 Å². The highest BCUT2D eigenvalue weighted by Gasteiger charge is 2.49. The molecule has 17 heavy (non-hydrogen) atoms. The van der Waals surface area contributed by atoms with E-state index in [4.69, 9.17) is 14.9 Å². The van der Waals surface area contributed by atoms with Gasteiger partial charge in [-0.25, -0.2) is 0 Å². The summed E-state index contributed by atoms with van der Waals surface area (Å²) in [6.07, 6.45) is 1.25. The molecule has 2 unspecified atom stereocenters. The van der Waals surface area contributed by atoms with Gasteiger partial charge in [0.05, 0.1) is 12.6 Å². The maximum absolute atomic E-state index is 5.66. The topological polar surface area (TPSA) is 86.2 Å². The zero-order valence-electron chi connectivity index (χ0n) is 10.6. The van der Waals surface area contributed by atoms with Crippen LogP contribution < -0.4 is 11.1 Å². The summed E-state index contributed by atoms with van der Waals surface area (Å²) in [7, 11) is 0. The zero-order valence-corrected chi connectivity index (χ0v) is 10.6. The van der Waals surface area contributed by atoms with Crippen LogP contribution in [0.1, 0.15) is 33.1 Å². The molecule has 1 aliphatic rings. The van der Waals surface area contributed by atoms with Crippen molar-refractivity contribution in [2.45, 2.75) is 45.9 Å². The Morgan fingerprint density at radius 2 is 2.29 bits per heavy atom. The highest BCUT2D eigenvalue weighted by atomic mass is 16.5. The molecule has 0 saturated heterocycles. The molecule has 3 N–H and O–H groups in total. The number of aromatic nitrogens is 2. The third-order valence-electron chi connectivity index (χ3n) is 3.48. The van der Waals surface area contributed by atoms with Crippen molar-refractivity contribution in [3.05, 3.63) is 5.89 Å². The maximum atomic E-state index is 5.66. The molecule has 0 radical (unpaired) electrons. The number of nitrogens with zero attached hydrogens (tertiary/aromatic N) is 2. The number of anilines is 1. The third-order valence-corrected chi connectivity index (χ3v) is 3.48. The standard InChI is InChI=1S/C11H20N4O2/c1-4-16-8-5-7(11(8,2)3)13-10-15-14-9(6-12)17-10/h7-8H,4-6,12H2,1-3H3,(H,13,15). The van der Waals surface area contributed by atoms with Crippen molar-refractivity contribution in [1.29, 1.82) is 0 Å². The summed E-state index contributed by atoms with van der Waals surface area (Å²) in [4.78, 5) is 0. The fraction of sp³-hybridized carbons (Fsp3) is 0.818. The maximum Gasteiger partial charge on any atom is 0.315 e. The van der Waals surface area contributed by atoms with Crippen molar-refractivity contribution >= 4 is 6.01 Å². The number of hydrogen-bond acceptors (Lipinski definition) is 6. The molecule has 6 heteroatoms. The van der Waals surface area contributed by atoms with E-state index in [2.05, 4.69) is 29.4 Å². The summed E-state index contributed by atoms with van der Waals surface area (Å²) in [5.41, 5.74) is 5.49. The lowest BCUT2D eigenvalue weighted by Gasteiger charge is -2.51. The van der Waals surface area contributed by atoms with Crippen LogP contribution >= 0.6 is 0 Å². The molecule has 0 aliphatic heterocycles. The molecule has 2 atom stereocenters. The van der Waals surface area contributed by atoms with Gasteiger partial charge in [-0.2, -0.15) is 0 Å². The van der Waals surface area contributed by atoms with Crippen LogP contribution in [-0.4, -0.2) is 29.0 Å². The minimum atomic E-state index is 0.0767. The van der Waals surface area contributed by atoms with Gasteiger partial charge >= 0.3 is 6.01 Å². The summed E-state index contributed by atoms with van der Waals surface area (Å²) < 4.78 is 11.0. The first-order valence-electron chi connectivity index (χ1n) is 5.98. The molecule has 0 aromatic carbocycles. The van der Waals surface area contributed by atoms with Gasteiger partial charge < -0.3 is 20.2 Å². The summed E-state index contributed by atoms with van der Waals surface area (Å²) >= 11 is 0. The Morgan fingerprint density at radius 1 is 1.53 bits per heavy atom. The Morgan fingerprint density at radius 3 is 2.82 bits per heavy atom. The Bertz CT molecular complexity index is 377. The predicted octanol–water partition coefficient (Wildman–Crippen LogP) is 1.14.